The maximum Gasteiger partial charge on any atom is 0.494 e. The van der Waals surface area contributed by atoms with E-state index in [1.165, 1.54) is 12.1 Å². The van der Waals surface area contributed by atoms with Gasteiger partial charge in [-0.05, 0) is 63.7 Å². The number of piperidine rings is 1. The summed E-state index contributed by atoms with van der Waals surface area (Å²) in [6, 6.07) is 16.1. The Labute approximate surface area is 202 Å². The standard InChI is InChI=1S/C25H32BNO6S/c1-23(2)24(3,4)33-26(32-23)20-10-12-21(13-11-20)34(30,31)25(22(28)29)14-16-27(17-15-25)18-19-8-6-5-7-9-19/h5-13H,14-18H2,1-4H3,(H,28,29). The first-order chi connectivity index (χ1) is 15.9. The first kappa shape index (κ1) is 24.9. The van der Waals surface area contributed by atoms with E-state index in [2.05, 4.69) is 4.90 Å². The van der Waals surface area contributed by atoms with Crippen LogP contribution in [0.5, 0.6) is 0 Å². The number of likely N-dealkylation sites (tertiary alicyclic amines) is 1. The molecule has 0 amide bonds. The van der Waals surface area contributed by atoms with E-state index in [9.17, 15) is 18.3 Å². The van der Waals surface area contributed by atoms with Gasteiger partial charge in [-0.25, -0.2) is 8.42 Å². The molecule has 0 aromatic heterocycles. The summed E-state index contributed by atoms with van der Waals surface area (Å²) in [5, 5.41) is 10.1. The minimum Gasteiger partial charge on any atom is -0.480 e. The molecule has 2 fully saturated rings. The third kappa shape index (κ3) is 4.30. The Kier molecular flexibility index (Phi) is 6.44. The number of carboxylic acid groups (broad SMARTS) is 1. The van der Waals surface area contributed by atoms with Crippen LogP contribution in [0.15, 0.2) is 59.5 Å². The Morgan fingerprint density at radius 1 is 0.941 bits per heavy atom. The second kappa shape index (κ2) is 8.79. The van der Waals surface area contributed by atoms with Crippen molar-refractivity contribution in [1.29, 1.82) is 0 Å². The molecule has 7 nitrogen and oxygen atoms in total. The fourth-order valence-electron chi connectivity index (χ4n) is 4.52. The van der Waals surface area contributed by atoms with E-state index in [1.807, 2.05) is 58.0 Å². The van der Waals surface area contributed by atoms with Gasteiger partial charge in [0.15, 0.2) is 14.6 Å². The highest BCUT2D eigenvalue weighted by Crippen LogP contribution is 2.38. The van der Waals surface area contributed by atoms with Gasteiger partial charge >= 0.3 is 13.1 Å². The molecule has 0 bridgehead atoms. The molecule has 182 valence electrons. The largest absolute Gasteiger partial charge is 0.494 e. The van der Waals surface area contributed by atoms with E-state index in [-0.39, 0.29) is 17.7 Å². The molecule has 34 heavy (non-hydrogen) atoms. The van der Waals surface area contributed by atoms with Gasteiger partial charge in [-0.2, -0.15) is 0 Å². The highest BCUT2D eigenvalue weighted by Gasteiger charge is 2.54. The summed E-state index contributed by atoms with van der Waals surface area (Å²) in [5.41, 5.74) is 0.790. The summed E-state index contributed by atoms with van der Waals surface area (Å²) in [7, 11) is -4.73. The van der Waals surface area contributed by atoms with Crippen LogP contribution in [-0.2, 0) is 30.5 Å². The van der Waals surface area contributed by atoms with Gasteiger partial charge in [0.25, 0.3) is 0 Å². The first-order valence-electron chi connectivity index (χ1n) is 11.6. The minimum atomic E-state index is -4.11. The first-order valence-corrected chi connectivity index (χ1v) is 13.1. The predicted molar refractivity (Wildman–Crippen MR) is 131 cm³/mol. The van der Waals surface area contributed by atoms with Crippen LogP contribution in [0.1, 0.15) is 46.1 Å². The van der Waals surface area contributed by atoms with E-state index >= 15 is 0 Å². The fraction of sp³-hybridized carbons (Fsp3) is 0.480. The summed E-state index contributed by atoms with van der Waals surface area (Å²) in [6.07, 6.45) is 0.0763. The molecule has 2 aliphatic heterocycles. The lowest BCUT2D eigenvalue weighted by atomic mass is 9.79. The van der Waals surface area contributed by atoms with Crippen LogP contribution in [0.4, 0.5) is 0 Å². The number of hydrogen-bond donors (Lipinski definition) is 1. The van der Waals surface area contributed by atoms with E-state index in [4.69, 9.17) is 9.31 Å². The van der Waals surface area contributed by atoms with E-state index in [1.54, 1.807) is 12.1 Å². The SMILES string of the molecule is CC1(C)OB(c2ccc(S(=O)(=O)C3(C(=O)O)CCN(Cc4ccccc4)CC3)cc2)OC1(C)C. The van der Waals surface area contributed by atoms with Crippen molar-refractivity contribution < 1.29 is 27.6 Å². The fourth-order valence-corrected chi connectivity index (χ4v) is 6.42. The van der Waals surface area contributed by atoms with Crippen LogP contribution in [0, 0.1) is 0 Å². The van der Waals surface area contributed by atoms with Gasteiger partial charge in [-0.1, -0.05) is 42.5 Å². The van der Waals surface area contributed by atoms with E-state index in [0.717, 1.165) is 5.56 Å². The van der Waals surface area contributed by atoms with Crippen molar-refractivity contribution >= 4 is 28.4 Å². The number of nitrogens with zero attached hydrogens (tertiary/aromatic N) is 1. The zero-order chi connectivity index (χ0) is 24.8. The number of hydrogen-bond acceptors (Lipinski definition) is 6. The molecule has 2 aliphatic rings. The molecule has 4 rings (SSSR count). The van der Waals surface area contributed by atoms with Crippen molar-refractivity contribution in [1.82, 2.24) is 4.90 Å². The summed E-state index contributed by atoms with van der Waals surface area (Å²) < 4.78 is 37.4. The van der Waals surface area contributed by atoms with Crippen molar-refractivity contribution in [2.75, 3.05) is 13.1 Å². The summed E-state index contributed by atoms with van der Waals surface area (Å²) in [5.74, 6) is -1.29. The lowest BCUT2D eigenvalue weighted by Crippen LogP contribution is -2.54. The highest BCUT2D eigenvalue weighted by atomic mass is 32.2. The van der Waals surface area contributed by atoms with Crippen LogP contribution in [-0.4, -0.2) is 60.6 Å². The Morgan fingerprint density at radius 2 is 1.47 bits per heavy atom. The van der Waals surface area contributed by atoms with Gasteiger partial charge in [-0.15, -0.1) is 0 Å². The van der Waals surface area contributed by atoms with Crippen LogP contribution >= 0.6 is 0 Å². The summed E-state index contributed by atoms with van der Waals surface area (Å²) in [4.78, 5) is 14.5. The van der Waals surface area contributed by atoms with Gasteiger partial charge in [-0.3, -0.25) is 9.69 Å². The Morgan fingerprint density at radius 3 is 1.97 bits per heavy atom. The molecule has 0 aliphatic carbocycles. The third-order valence-electron chi connectivity index (χ3n) is 7.53. The van der Waals surface area contributed by atoms with E-state index in [0.29, 0.717) is 25.1 Å². The zero-order valence-electron chi connectivity index (χ0n) is 20.2. The molecule has 1 N–H and O–H groups in total. The molecular weight excluding hydrogens is 453 g/mol. The smallest absolute Gasteiger partial charge is 0.480 e. The van der Waals surface area contributed by atoms with Gasteiger partial charge in [0.05, 0.1) is 16.1 Å². The molecular formula is C25H32BNO6S. The normalized spacial score (nSPS) is 21.9. The van der Waals surface area contributed by atoms with Gasteiger partial charge in [0, 0.05) is 19.6 Å². The molecule has 0 spiro atoms. The second-order valence-corrected chi connectivity index (χ2v) is 12.5. The molecule has 0 atom stereocenters. The van der Waals surface area contributed by atoms with Crippen LogP contribution in [0.3, 0.4) is 0 Å². The topological polar surface area (TPSA) is 93.1 Å². The molecule has 2 heterocycles. The quantitative estimate of drug-likeness (QED) is 0.629. The highest BCUT2D eigenvalue weighted by molar-refractivity contribution is 7.93. The number of rotatable bonds is 6. The Bertz CT molecular complexity index is 1120. The van der Waals surface area contributed by atoms with Gasteiger partial charge < -0.3 is 14.4 Å². The molecule has 0 unspecified atom stereocenters. The van der Waals surface area contributed by atoms with Crippen LogP contribution in [0.2, 0.25) is 0 Å². The lowest BCUT2D eigenvalue weighted by Gasteiger charge is -2.38. The van der Waals surface area contributed by atoms with Gasteiger partial charge in [0.1, 0.15) is 0 Å². The third-order valence-corrected chi connectivity index (χ3v) is 10.0. The van der Waals surface area contributed by atoms with Crippen molar-refractivity contribution in [2.45, 2.75) is 67.9 Å². The molecule has 0 saturated carbocycles. The van der Waals surface area contributed by atoms with E-state index < -0.39 is 38.9 Å². The van der Waals surface area contributed by atoms with Crippen molar-refractivity contribution in [3.63, 3.8) is 0 Å². The van der Waals surface area contributed by atoms with Crippen LogP contribution in [0.25, 0.3) is 0 Å². The molecule has 2 aromatic carbocycles. The van der Waals surface area contributed by atoms with Crippen molar-refractivity contribution in [3.05, 3.63) is 60.2 Å². The number of benzene rings is 2. The molecule has 2 saturated heterocycles. The number of aliphatic carboxylic acids is 1. The summed E-state index contributed by atoms with van der Waals surface area (Å²) in [6.45, 7) is 9.26. The van der Waals surface area contributed by atoms with Gasteiger partial charge in [0.2, 0.25) is 0 Å². The summed E-state index contributed by atoms with van der Waals surface area (Å²) >= 11 is 0. The number of sulfone groups is 1. The number of carboxylic acids is 1. The maximum atomic E-state index is 13.6. The second-order valence-electron chi connectivity index (χ2n) is 10.2. The Balaban J connectivity index is 1.52. The predicted octanol–water partition coefficient (Wildman–Crippen LogP) is 2.88. The van der Waals surface area contributed by atoms with Crippen molar-refractivity contribution in [2.24, 2.45) is 0 Å². The minimum absolute atomic E-state index is 0.00618. The Hall–Kier alpha value is -2.20. The van der Waals surface area contributed by atoms with Crippen LogP contribution < -0.4 is 5.46 Å². The average Bonchev–Trinajstić information content (AvgIpc) is 3.01. The molecule has 0 radical (unpaired) electrons. The maximum absolute atomic E-state index is 13.6. The average molecular weight is 485 g/mol. The zero-order valence-corrected chi connectivity index (χ0v) is 21.0. The monoisotopic (exact) mass is 485 g/mol. The van der Waals surface area contributed by atoms with Crippen molar-refractivity contribution in [3.8, 4) is 0 Å². The molecule has 9 heteroatoms. The lowest BCUT2D eigenvalue weighted by molar-refractivity contribution is -0.141. The number of carbonyl (C=O) groups is 1. The molecule has 2 aromatic rings.